The summed E-state index contributed by atoms with van der Waals surface area (Å²) in [6.07, 6.45) is 0. The molecule has 0 saturated heterocycles. The maximum Gasteiger partial charge on any atom is 0.314 e. The predicted octanol–water partition coefficient (Wildman–Crippen LogP) is 5.58. The summed E-state index contributed by atoms with van der Waals surface area (Å²) in [5.74, 6) is -4.13. The van der Waals surface area contributed by atoms with E-state index in [1.807, 2.05) is 0 Å². The van der Waals surface area contributed by atoms with Crippen molar-refractivity contribution in [2.45, 2.75) is 5.92 Å². The molecule has 0 saturated carbocycles. The highest BCUT2D eigenvalue weighted by Gasteiger charge is 2.32. The Hall–Kier alpha value is -1.28. The number of ether oxygens (including phenoxy) is 2. The van der Waals surface area contributed by atoms with E-state index in [4.69, 9.17) is 9.47 Å². The van der Waals surface area contributed by atoms with Crippen molar-refractivity contribution in [2.24, 2.45) is 0 Å². The van der Waals surface area contributed by atoms with Gasteiger partial charge in [0.25, 0.3) is 0 Å². The zero-order valence-corrected chi connectivity index (χ0v) is 14.6. The van der Waals surface area contributed by atoms with Crippen LogP contribution in [0, 0.1) is 11.6 Å². The minimum absolute atomic E-state index is 0.0917. The second-order valence-electron chi connectivity index (χ2n) is 4.58. The average molecular weight is 458 g/mol. The van der Waals surface area contributed by atoms with Crippen LogP contribution < -0.4 is 9.47 Å². The molecule has 0 N–H and O–H groups in total. The molecule has 0 amide bonds. The monoisotopic (exact) mass is 456 g/mol. The van der Waals surface area contributed by atoms with Gasteiger partial charge in [0.05, 0.1) is 8.95 Å². The lowest BCUT2D eigenvalue weighted by Crippen LogP contribution is -2.33. The molecule has 0 atom stereocenters. The van der Waals surface area contributed by atoms with E-state index < -0.39 is 30.8 Å². The van der Waals surface area contributed by atoms with Gasteiger partial charge in [0, 0.05) is 0 Å². The van der Waals surface area contributed by atoms with Gasteiger partial charge in [0.15, 0.2) is 13.2 Å². The molecule has 2 aromatic rings. The van der Waals surface area contributed by atoms with Gasteiger partial charge in [-0.05, 0) is 68.3 Å². The molecule has 0 spiro atoms. The van der Waals surface area contributed by atoms with E-state index in [1.54, 1.807) is 0 Å². The Morgan fingerprint density at radius 3 is 1.52 bits per heavy atom. The lowest BCUT2D eigenvalue weighted by molar-refractivity contribution is -0.0731. The highest BCUT2D eigenvalue weighted by Crippen LogP contribution is 2.29. The molecule has 0 aromatic heterocycles. The van der Waals surface area contributed by atoms with Crippen molar-refractivity contribution in [3.05, 3.63) is 57.0 Å². The quantitative estimate of drug-likeness (QED) is 0.527. The molecule has 0 aliphatic rings. The van der Waals surface area contributed by atoms with E-state index in [1.165, 1.54) is 12.1 Å². The van der Waals surface area contributed by atoms with Crippen LogP contribution in [0.5, 0.6) is 11.5 Å². The molecule has 124 valence electrons. The van der Waals surface area contributed by atoms with Gasteiger partial charge in [-0.25, -0.2) is 8.78 Å². The minimum atomic E-state index is -3.29. The van der Waals surface area contributed by atoms with E-state index in [2.05, 4.69) is 31.9 Å². The van der Waals surface area contributed by atoms with Crippen molar-refractivity contribution >= 4 is 31.9 Å². The largest absolute Gasteiger partial charge is 0.486 e. The normalized spacial score (nSPS) is 11.4. The summed E-state index contributed by atoms with van der Waals surface area (Å²) in [6.45, 7) is -1.90. The van der Waals surface area contributed by atoms with Gasteiger partial charge >= 0.3 is 5.92 Å². The van der Waals surface area contributed by atoms with E-state index in [0.717, 1.165) is 24.3 Å². The SMILES string of the molecule is Fc1ccc(OCC(F)(F)COc2ccc(F)cc2Br)c(Br)c1. The molecule has 23 heavy (non-hydrogen) atoms. The van der Waals surface area contributed by atoms with Crippen LogP contribution in [-0.4, -0.2) is 19.1 Å². The van der Waals surface area contributed by atoms with Crippen molar-refractivity contribution in [3.63, 3.8) is 0 Å². The first-order valence-corrected chi connectivity index (χ1v) is 7.89. The number of hydrogen-bond donors (Lipinski definition) is 0. The molecule has 8 heteroatoms. The topological polar surface area (TPSA) is 18.5 Å². The molecule has 0 heterocycles. The molecule has 2 nitrogen and oxygen atoms in total. The zero-order valence-electron chi connectivity index (χ0n) is 11.5. The summed E-state index contributed by atoms with van der Waals surface area (Å²) in [6, 6.07) is 6.91. The average Bonchev–Trinajstić information content (AvgIpc) is 2.45. The van der Waals surface area contributed by atoms with Crippen LogP contribution in [-0.2, 0) is 0 Å². The van der Waals surface area contributed by atoms with E-state index in [9.17, 15) is 17.6 Å². The summed E-state index contributed by atoms with van der Waals surface area (Å²) in [7, 11) is 0. The molecule has 0 aliphatic heterocycles. The zero-order chi connectivity index (χ0) is 17.0. The molecule has 0 fully saturated rings. The van der Waals surface area contributed by atoms with Gasteiger partial charge in [-0.15, -0.1) is 0 Å². The Kier molecular flexibility index (Phi) is 5.91. The Bertz CT molecular complexity index is 638. The van der Waals surface area contributed by atoms with E-state index >= 15 is 0 Å². The van der Waals surface area contributed by atoms with Gasteiger partial charge in [-0.3, -0.25) is 0 Å². The van der Waals surface area contributed by atoms with Gasteiger partial charge in [-0.1, -0.05) is 0 Å². The van der Waals surface area contributed by atoms with Gasteiger partial charge < -0.3 is 9.47 Å². The molecule has 0 aliphatic carbocycles. The van der Waals surface area contributed by atoms with Crippen molar-refractivity contribution in [2.75, 3.05) is 13.2 Å². The Morgan fingerprint density at radius 2 is 1.17 bits per heavy atom. The van der Waals surface area contributed by atoms with Gasteiger partial charge in [-0.2, -0.15) is 8.78 Å². The van der Waals surface area contributed by atoms with Crippen molar-refractivity contribution in [1.82, 2.24) is 0 Å². The highest BCUT2D eigenvalue weighted by molar-refractivity contribution is 9.10. The first kappa shape index (κ1) is 18.1. The van der Waals surface area contributed by atoms with Crippen LogP contribution in [0.1, 0.15) is 0 Å². The Labute approximate surface area is 146 Å². The summed E-state index contributed by atoms with van der Waals surface area (Å²) >= 11 is 6.05. The third-order valence-electron chi connectivity index (χ3n) is 2.67. The van der Waals surface area contributed by atoms with Gasteiger partial charge in [0.2, 0.25) is 0 Å². The van der Waals surface area contributed by atoms with Crippen LogP contribution in [0.4, 0.5) is 17.6 Å². The molecule has 2 aromatic carbocycles. The smallest absolute Gasteiger partial charge is 0.314 e. The maximum atomic E-state index is 13.8. The summed E-state index contributed by atoms with van der Waals surface area (Å²) in [5.41, 5.74) is 0. The fraction of sp³-hybridized carbons (Fsp3) is 0.200. The van der Waals surface area contributed by atoms with Crippen LogP contribution in [0.15, 0.2) is 45.3 Å². The summed E-state index contributed by atoms with van der Waals surface area (Å²) in [4.78, 5) is 0. The fourth-order valence-corrected chi connectivity index (χ4v) is 2.52. The molecule has 0 unspecified atom stereocenters. The first-order valence-electron chi connectivity index (χ1n) is 6.30. The summed E-state index contributed by atoms with van der Waals surface area (Å²) < 4.78 is 63.8. The van der Waals surface area contributed by atoms with E-state index in [-0.39, 0.29) is 20.4 Å². The minimum Gasteiger partial charge on any atom is -0.486 e. The molecule has 2 rings (SSSR count). The van der Waals surface area contributed by atoms with Gasteiger partial charge in [0.1, 0.15) is 23.1 Å². The number of halogens is 6. The Balaban J connectivity index is 1.93. The second-order valence-corrected chi connectivity index (χ2v) is 6.29. The van der Waals surface area contributed by atoms with Crippen LogP contribution in [0.3, 0.4) is 0 Å². The first-order chi connectivity index (χ1) is 10.8. The molecule has 0 bridgehead atoms. The van der Waals surface area contributed by atoms with Crippen LogP contribution in [0.25, 0.3) is 0 Å². The lowest BCUT2D eigenvalue weighted by Gasteiger charge is -2.18. The molecular weight excluding hydrogens is 448 g/mol. The Morgan fingerprint density at radius 1 is 0.783 bits per heavy atom. The number of alkyl halides is 2. The van der Waals surface area contributed by atoms with Crippen molar-refractivity contribution < 1.29 is 27.0 Å². The third kappa shape index (κ3) is 5.39. The van der Waals surface area contributed by atoms with Crippen LogP contribution >= 0.6 is 31.9 Å². The lowest BCUT2D eigenvalue weighted by atomic mass is 10.3. The number of rotatable bonds is 6. The van der Waals surface area contributed by atoms with Crippen LogP contribution in [0.2, 0.25) is 0 Å². The van der Waals surface area contributed by atoms with E-state index in [0.29, 0.717) is 0 Å². The van der Waals surface area contributed by atoms with Crippen molar-refractivity contribution in [1.29, 1.82) is 0 Å². The standard InChI is InChI=1S/C15H10Br2F4O2/c16-11-5-9(18)1-3-13(11)22-7-15(20,21)8-23-14-4-2-10(19)6-12(14)17/h1-6H,7-8H2. The summed E-state index contributed by atoms with van der Waals surface area (Å²) in [5, 5.41) is 0. The fourth-order valence-electron chi connectivity index (χ4n) is 1.59. The number of hydrogen-bond acceptors (Lipinski definition) is 2. The predicted molar refractivity (Wildman–Crippen MR) is 84.1 cm³/mol. The second kappa shape index (κ2) is 7.53. The molecular formula is C15H10Br2F4O2. The third-order valence-corrected chi connectivity index (χ3v) is 3.90. The van der Waals surface area contributed by atoms with Crippen molar-refractivity contribution in [3.8, 4) is 11.5 Å². The number of benzene rings is 2. The maximum absolute atomic E-state index is 13.8. The molecule has 0 radical (unpaired) electrons. The highest BCUT2D eigenvalue weighted by atomic mass is 79.9.